The van der Waals surface area contributed by atoms with Gasteiger partial charge in [-0.25, -0.2) is 18.6 Å². The second-order valence-corrected chi connectivity index (χ2v) is 11.2. The van der Waals surface area contributed by atoms with Crippen molar-refractivity contribution in [2.75, 3.05) is 51.0 Å². The van der Waals surface area contributed by atoms with E-state index in [0.29, 0.717) is 55.9 Å². The smallest absolute Gasteiger partial charge is 0.319 e. The molecule has 3 aliphatic heterocycles. The molecule has 2 N–H and O–H groups in total. The Balaban J connectivity index is 1.38. The van der Waals surface area contributed by atoms with Crippen LogP contribution < -0.4 is 15.2 Å². The number of fused-ring (bicyclic) bond motifs is 3. The van der Waals surface area contributed by atoms with Crippen LogP contribution in [0, 0.1) is 24.0 Å². The molecule has 0 unspecified atom stereocenters. The highest BCUT2D eigenvalue weighted by molar-refractivity contribution is 6.03. The van der Waals surface area contributed by atoms with Crippen molar-refractivity contribution < 1.29 is 27.8 Å². The largest absolute Gasteiger partial charge is 0.508 e. The average Bonchev–Trinajstić information content (AvgIpc) is 3.37. The van der Waals surface area contributed by atoms with E-state index in [0.717, 1.165) is 19.4 Å². The number of phenols is 1. The first-order valence-corrected chi connectivity index (χ1v) is 14.3. The number of rotatable bonds is 5. The third-order valence-corrected chi connectivity index (χ3v) is 8.59. The van der Waals surface area contributed by atoms with Crippen LogP contribution in [0.15, 0.2) is 30.5 Å². The van der Waals surface area contributed by atoms with Crippen LogP contribution in [-0.2, 0) is 4.74 Å². The summed E-state index contributed by atoms with van der Waals surface area (Å²) in [7, 11) is 0. The number of ether oxygens (including phenoxy) is 2. The maximum absolute atomic E-state index is 16.6. The van der Waals surface area contributed by atoms with Gasteiger partial charge in [-0.15, -0.1) is 6.42 Å². The molecule has 4 aromatic rings. The summed E-state index contributed by atoms with van der Waals surface area (Å²) in [6, 6.07) is 5.32. The number of nitrogens with zero attached hydrogens (tertiary/aromatic N) is 5. The second-order valence-electron chi connectivity index (χ2n) is 11.2. The first-order valence-electron chi connectivity index (χ1n) is 14.3. The number of alkyl halides is 1. The van der Waals surface area contributed by atoms with Crippen molar-refractivity contribution in [1.29, 1.82) is 0 Å². The summed E-state index contributed by atoms with van der Waals surface area (Å²) >= 11 is 0. The highest BCUT2D eigenvalue weighted by Gasteiger charge is 2.49. The molecule has 12 heteroatoms. The van der Waals surface area contributed by atoms with Crippen molar-refractivity contribution in [3.8, 4) is 35.4 Å². The third kappa shape index (κ3) is 4.77. The van der Waals surface area contributed by atoms with Gasteiger partial charge in [0, 0.05) is 36.7 Å². The van der Waals surface area contributed by atoms with E-state index < -0.39 is 23.3 Å². The number of hydrogen-bond donors (Lipinski definition) is 2. The highest BCUT2D eigenvalue weighted by atomic mass is 19.1. The van der Waals surface area contributed by atoms with E-state index in [1.54, 1.807) is 5.01 Å². The zero-order valence-corrected chi connectivity index (χ0v) is 23.2. The van der Waals surface area contributed by atoms with Crippen LogP contribution in [-0.4, -0.2) is 82.7 Å². The van der Waals surface area contributed by atoms with E-state index >= 15 is 4.39 Å². The number of pyridine rings is 1. The zero-order valence-electron chi connectivity index (χ0n) is 23.2. The quantitative estimate of drug-likeness (QED) is 0.333. The van der Waals surface area contributed by atoms with Gasteiger partial charge < -0.3 is 14.6 Å². The first kappa shape index (κ1) is 27.6. The van der Waals surface area contributed by atoms with Crippen LogP contribution in [0.25, 0.3) is 32.9 Å². The molecule has 9 nitrogen and oxygen atoms in total. The lowest BCUT2D eigenvalue weighted by Crippen LogP contribution is -2.43. The van der Waals surface area contributed by atoms with Crippen LogP contribution >= 0.6 is 0 Å². The number of anilines is 1. The minimum Gasteiger partial charge on any atom is -0.508 e. The molecule has 0 aliphatic carbocycles. The lowest BCUT2D eigenvalue weighted by atomic mass is 9.95. The Labute approximate surface area is 245 Å². The lowest BCUT2D eigenvalue weighted by molar-refractivity contribution is 0.107. The zero-order chi connectivity index (χ0) is 29.7. The maximum Gasteiger partial charge on any atom is 0.319 e. The molecule has 0 spiro atoms. The molecule has 43 heavy (non-hydrogen) atoms. The molecule has 5 heterocycles. The molecule has 7 rings (SSSR count). The normalized spacial score (nSPS) is 22.6. The summed E-state index contributed by atoms with van der Waals surface area (Å²) in [5, 5.41) is 13.2. The van der Waals surface area contributed by atoms with E-state index in [1.165, 1.54) is 30.5 Å². The molecule has 0 saturated carbocycles. The van der Waals surface area contributed by atoms with E-state index in [-0.39, 0.29) is 46.1 Å². The van der Waals surface area contributed by atoms with Gasteiger partial charge in [0.05, 0.1) is 36.2 Å². The number of aromatic nitrogens is 3. The van der Waals surface area contributed by atoms with Crippen LogP contribution in [0.2, 0.25) is 0 Å². The predicted molar refractivity (Wildman–Crippen MR) is 155 cm³/mol. The van der Waals surface area contributed by atoms with Crippen molar-refractivity contribution in [2.45, 2.75) is 31.0 Å². The molecule has 2 aromatic heterocycles. The van der Waals surface area contributed by atoms with E-state index in [4.69, 9.17) is 15.9 Å². The van der Waals surface area contributed by atoms with Crippen molar-refractivity contribution in [3.05, 3.63) is 47.7 Å². The molecular weight excluding hydrogens is 561 g/mol. The lowest BCUT2D eigenvalue weighted by Gasteiger charge is -2.31. The second kappa shape index (κ2) is 10.8. The van der Waals surface area contributed by atoms with Crippen LogP contribution in [0.4, 0.5) is 19.0 Å². The number of nitrogens with one attached hydrogen (secondary N) is 1. The third-order valence-electron chi connectivity index (χ3n) is 8.59. The number of phenolic OH excluding ortho intramolecular Hbond substituents is 1. The highest BCUT2D eigenvalue weighted by Crippen LogP contribution is 2.41. The average molecular weight is 591 g/mol. The van der Waals surface area contributed by atoms with Crippen molar-refractivity contribution in [2.24, 2.45) is 0 Å². The minimum absolute atomic E-state index is 0.0647. The molecule has 2 atom stereocenters. The summed E-state index contributed by atoms with van der Waals surface area (Å²) in [4.78, 5) is 15.6. The Morgan fingerprint density at radius 3 is 2.95 bits per heavy atom. The monoisotopic (exact) mass is 590 g/mol. The van der Waals surface area contributed by atoms with Gasteiger partial charge in [-0.3, -0.25) is 14.9 Å². The molecule has 0 radical (unpaired) electrons. The number of hydrazine groups is 1. The molecule has 3 fully saturated rings. The standard InChI is InChI=1S/C31H29F3N6O3/c1-2-21-24(33)5-4-18-12-20(41)13-22(25(18)21)27-26(34)28-23(15-35-27)29(40-9-11-42-10-7-36-40)38-30(37-28)43-17-31-6-3-8-39(31)16-19(32)14-31/h1,4-5,12-13,15,19,36,41H,3,6-11,14,16-17H2/t19-,31+/m1/s1. The summed E-state index contributed by atoms with van der Waals surface area (Å²) in [5.74, 6) is 1.05. The number of benzene rings is 2. The van der Waals surface area contributed by atoms with Gasteiger partial charge in [-0.2, -0.15) is 9.97 Å². The summed E-state index contributed by atoms with van der Waals surface area (Å²) < 4.78 is 57.4. The van der Waals surface area contributed by atoms with Crippen molar-refractivity contribution in [1.82, 2.24) is 25.3 Å². The Morgan fingerprint density at radius 2 is 2.09 bits per heavy atom. The molecule has 2 aromatic carbocycles. The van der Waals surface area contributed by atoms with Gasteiger partial charge in [0.1, 0.15) is 35.6 Å². The first-order chi connectivity index (χ1) is 20.9. The summed E-state index contributed by atoms with van der Waals surface area (Å²) in [6.07, 6.45) is 8.24. The fourth-order valence-corrected chi connectivity index (χ4v) is 6.65. The van der Waals surface area contributed by atoms with Gasteiger partial charge >= 0.3 is 6.01 Å². The number of halogens is 3. The molecule has 3 saturated heterocycles. The Bertz CT molecular complexity index is 1770. The Morgan fingerprint density at radius 1 is 1.21 bits per heavy atom. The fraction of sp³-hybridized carbons (Fsp3) is 0.387. The topological polar surface area (TPSA) is 95.9 Å². The molecular formula is C31H29F3N6O3. The molecule has 3 aliphatic rings. The van der Waals surface area contributed by atoms with E-state index in [2.05, 4.69) is 31.2 Å². The van der Waals surface area contributed by atoms with Gasteiger partial charge in [0.2, 0.25) is 0 Å². The minimum atomic E-state index is -0.931. The summed E-state index contributed by atoms with van der Waals surface area (Å²) in [6.45, 7) is 3.14. The number of aromatic hydroxyl groups is 1. The summed E-state index contributed by atoms with van der Waals surface area (Å²) in [5.41, 5.74) is 2.57. The van der Waals surface area contributed by atoms with Crippen LogP contribution in [0.1, 0.15) is 24.8 Å². The van der Waals surface area contributed by atoms with Crippen molar-refractivity contribution >= 4 is 27.5 Å². The van der Waals surface area contributed by atoms with E-state index in [1.807, 2.05) is 0 Å². The van der Waals surface area contributed by atoms with Crippen LogP contribution in [0.5, 0.6) is 11.8 Å². The molecule has 0 amide bonds. The van der Waals surface area contributed by atoms with E-state index in [9.17, 15) is 13.9 Å². The Hall–Kier alpha value is -4.18. The fourth-order valence-electron chi connectivity index (χ4n) is 6.65. The van der Waals surface area contributed by atoms with Gasteiger partial charge in [-0.1, -0.05) is 12.0 Å². The molecule has 222 valence electrons. The van der Waals surface area contributed by atoms with Crippen molar-refractivity contribution in [3.63, 3.8) is 0 Å². The SMILES string of the molecule is C#Cc1c(F)ccc2cc(O)cc(-c3ncc4c(N5CCOCCN5)nc(OC[C@@]56CCCN5C[C@H](F)C6)nc4c3F)c12. The predicted octanol–water partition coefficient (Wildman–Crippen LogP) is 4.11. The van der Waals surface area contributed by atoms with Gasteiger partial charge in [-0.05, 0) is 43.0 Å². The van der Waals surface area contributed by atoms with Gasteiger partial charge in [0.25, 0.3) is 0 Å². The van der Waals surface area contributed by atoms with Crippen LogP contribution in [0.3, 0.4) is 0 Å². The number of terminal acetylenes is 1. The Kier molecular flexibility index (Phi) is 6.96. The van der Waals surface area contributed by atoms with Gasteiger partial charge in [0.15, 0.2) is 11.6 Å². The number of hydrogen-bond acceptors (Lipinski definition) is 9. The molecule has 0 bridgehead atoms. The maximum atomic E-state index is 16.6.